The molecule has 2 heterocycles. The fraction of sp³-hybridized carbons (Fsp3) is 0.250. The van der Waals surface area contributed by atoms with Crippen LogP contribution in [0.1, 0.15) is 18.4 Å². The third-order valence-corrected chi connectivity index (χ3v) is 3.46. The molecular formula is C16H17N3O2. The molecule has 0 fully saturated rings. The van der Waals surface area contributed by atoms with Crippen LogP contribution in [0.15, 0.2) is 42.6 Å². The first-order chi connectivity index (χ1) is 10.3. The van der Waals surface area contributed by atoms with Crippen molar-refractivity contribution in [2.75, 3.05) is 23.8 Å². The smallest absolute Gasteiger partial charge is 0.237 e. The van der Waals surface area contributed by atoms with Crippen molar-refractivity contribution in [3.63, 3.8) is 0 Å². The molecule has 21 heavy (non-hydrogen) atoms. The number of hydrogen-bond acceptors (Lipinski definition) is 4. The summed E-state index contributed by atoms with van der Waals surface area (Å²) in [5, 5.41) is 6.16. The van der Waals surface area contributed by atoms with Crippen molar-refractivity contribution in [1.29, 1.82) is 0 Å². The third-order valence-electron chi connectivity index (χ3n) is 3.46. The Bertz CT molecular complexity index is 657. The van der Waals surface area contributed by atoms with Gasteiger partial charge in [0.1, 0.15) is 5.69 Å². The van der Waals surface area contributed by atoms with Crippen LogP contribution >= 0.6 is 0 Å². The number of nitrogens with zero attached hydrogens (tertiary/aromatic N) is 1. The van der Waals surface area contributed by atoms with E-state index in [-0.39, 0.29) is 11.8 Å². The summed E-state index contributed by atoms with van der Waals surface area (Å²) >= 11 is 0. The Morgan fingerprint density at radius 1 is 1.38 bits per heavy atom. The molecule has 1 unspecified atom stereocenters. The van der Waals surface area contributed by atoms with E-state index in [9.17, 15) is 4.79 Å². The Labute approximate surface area is 123 Å². The molecule has 5 nitrogen and oxygen atoms in total. The lowest BCUT2D eigenvalue weighted by Gasteiger charge is -2.13. The van der Waals surface area contributed by atoms with Crippen LogP contribution in [-0.4, -0.2) is 24.0 Å². The molecule has 1 amide bonds. The largest absolute Gasteiger partial charge is 0.476 e. The normalized spacial score (nSPS) is 16.0. The van der Waals surface area contributed by atoms with E-state index in [2.05, 4.69) is 15.6 Å². The van der Waals surface area contributed by atoms with Gasteiger partial charge in [-0.3, -0.25) is 4.79 Å². The molecule has 1 aliphatic heterocycles. The first-order valence-electron chi connectivity index (χ1n) is 7.01. The summed E-state index contributed by atoms with van der Waals surface area (Å²) in [5.74, 6) is 0.199. The van der Waals surface area contributed by atoms with Gasteiger partial charge in [-0.15, -0.1) is 0 Å². The summed E-state index contributed by atoms with van der Waals surface area (Å²) in [4.78, 5) is 16.6. The van der Waals surface area contributed by atoms with Crippen LogP contribution in [0.2, 0.25) is 0 Å². The molecule has 5 heteroatoms. The highest BCUT2D eigenvalue weighted by Crippen LogP contribution is 2.32. The second kappa shape index (κ2) is 5.83. The highest BCUT2D eigenvalue weighted by Gasteiger charge is 2.28. The van der Waals surface area contributed by atoms with Crippen LogP contribution in [0.3, 0.4) is 0 Å². The molecule has 0 saturated carbocycles. The summed E-state index contributed by atoms with van der Waals surface area (Å²) in [6, 6.07) is 11.4. The number of carbonyl (C=O) groups is 1. The van der Waals surface area contributed by atoms with E-state index in [4.69, 9.17) is 4.74 Å². The van der Waals surface area contributed by atoms with E-state index < -0.39 is 0 Å². The fourth-order valence-electron chi connectivity index (χ4n) is 2.48. The minimum Gasteiger partial charge on any atom is -0.476 e. The van der Waals surface area contributed by atoms with Crippen molar-refractivity contribution in [3.05, 3.63) is 48.2 Å². The van der Waals surface area contributed by atoms with Gasteiger partial charge in [-0.2, -0.15) is 0 Å². The zero-order chi connectivity index (χ0) is 14.7. The summed E-state index contributed by atoms with van der Waals surface area (Å²) in [5.41, 5.74) is 2.65. The molecule has 0 aliphatic carbocycles. The van der Waals surface area contributed by atoms with Crippen LogP contribution in [0, 0.1) is 0 Å². The van der Waals surface area contributed by atoms with Crippen LogP contribution in [0.25, 0.3) is 0 Å². The maximum absolute atomic E-state index is 12.5. The summed E-state index contributed by atoms with van der Waals surface area (Å²) in [6.07, 6.45) is 1.65. The van der Waals surface area contributed by atoms with Crippen molar-refractivity contribution >= 4 is 17.3 Å². The second-order valence-electron chi connectivity index (χ2n) is 4.80. The maximum Gasteiger partial charge on any atom is 0.237 e. The molecule has 1 aromatic carbocycles. The number of benzene rings is 1. The summed E-state index contributed by atoms with van der Waals surface area (Å²) < 4.78 is 5.43. The first kappa shape index (κ1) is 13.4. The Balaban J connectivity index is 1.79. The zero-order valence-corrected chi connectivity index (χ0v) is 11.8. The van der Waals surface area contributed by atoms with Gasteiger partial charge in [-0.25, -0.2) is 4.98 Å². The summed E-state index contributed by atoms with van der Waals surface area (Å²) in [6.45, 7) is 3.00. The van der Waals surface area contributed by atoms with Crippen LogP contribution in [0.4, 0.5) is 11.4 Å². The van der Waals surface area contributed by atoms with Gasteiger partial charge in [0.05, 0.1) is 12.5 Å². The van der Waals surface area contributed by atoms with Gasteiger partial charge >= 0.3 is 0 Å². The van der Waals surface area contributed by atoms with Gasteiger partial charge in [0, 0.05) is 18.4 Å². The second-order valence-corrected chi connectivity index (χ2v) is 4.80. The average Bonchev–Trinajstić information content (AvgIpc) is 2.93. The molecule has 2 N–H and O–H groups in total. The molecule has 2 aromatic rings. The standard InChI is InChI=1S/C16H17N3O2/c1-2-21-16-14(8-5-9-17-16)19-15(20)12-10-18-13-7-4-3-6-11(12)13/h3-9,12,18H,2,10H2,1H3,(H,19,20). The predicted molar refractivity (Wildman–Crippen MR) is 81.7 cm³/mol. The Morgan fingerprint density at radius 2 is 2.24 bits per heavy atom. The molecule has 1 aliphatic rings. The number of aromatic nitrogens is 1. The van der Waals surface area contributed by atoms with E-state index in [1.807, 2.05) is 31.2 Å². The predicted octanol–water partition coefficient (Wildman–Crippen LogP) is 2.63. The van der Waals surface area contributed by atoms with E-state index in [1.165, 1.54) is 0 Å². The lowest BCUT2D eigenvalue weighted by molar-refractivity contribution is -0.117. The first-order valence-corrected chi connectivity index (χ1v) is 7.01. The topological polar surface area (TPSA) is 63.2 Å². The SMILES string of the molecule is CCOc1ncccc1NC(=O)C1CNc2ccccc21. The number of fused-ring (bicyclic) bond motifs is 1. The van der Waals surface area contributed by atoms with Gasteiger partial charge < -0.3 is 15.4 Å². The Kier molecular flexibility index (Phi) is 3.73. The molecule has 0 spiro atoms. The highest BCUT2D eigenvalue weighted by atomic mass is 16.5. The number of hydrogen-bond donors (Lipinski definition) is 2. The molecule has 108 valence electrons. The average molecular weight is 283 g/mol. The van der Waals surface area contributed by atoms with Gasteiger partial charge in [0.2, 0.25) is 11.8 Å². The van der Waals surface area contributed by atoms with E-state index >= 15 is 0 Å². The monoisotopic (exact) mass is 283 g/mol. The number of carbonyl (C=O) groups excluding carboxylic acids is 1. The third kappa shape index (κ3) is 2.67. The molecule has 0 bridgehead atoms. The van der Waals surface area contributed by atoms with Crippen molar-refractivity contribution < 1.29 is 9.53 Å². The molecule has 1 aromatic heterocycles. The van der Waals surface area contributed by atoms with Gasteiger partial charge in [-0.05, 0) is 30.7 Å². The van der Waals surface area contributed by atoms with Crippen LogP contribution in [0.5, 0.6) is 5.88 Å². The number of pyridine rings is 1. The lowest BCUT2D eigenvalue weighted by Crippen LogP contribution is -2.23. The van der Waals surface area contributed by atoms with Crippen molar-refractivity contribution in [2.24, 2.45) is 0 Å². The number of rotatable bonds is 4. The van der Waals surface area contributed by atoms with Crippen molar-refractivity contribution in [1.82, 2.24) is 4.98 Å². The Hall–Kier alpha value is -2.56. The molecule has 3 rings (SSSR count). The van der Waals surface area contributed by atoms with E-state index in [0.29, 0.717) is 24.7 Å². The number of amides is 1. The molecule has 1 atom stereocenters. The number of ether oxygens (including phenoxy) is 1. The minimum absolute atomic E-state index is 0.0543. The van der Waals surface area contributed by atoms with Crippen LogP contribution in [-0.2, 0) is 4.79 Å². The number of nitrogens with one attached hydrogen (secondary N) is 2. The van der Waals surface area contributed by atoms with E-state index in [1.54, 1.807) is 18.3 Å². The lowest BCUT2D eigenvalue weighted by atomic mass is 10.0. The van der Waals surface area contributed by atoms with Gasteiger partial charge in [-0.1, -0.05) is 18.2 Å². The highest BCUT2D eigenvalue weighted by molar-refractivity contribution is 5.99. The summed E-state index contributed by atoms with van der Waals surface area (Å²) in [7, 11) is 0. The van der Waals surface area contributed by atoms with Crippen LogP contribution < -0.4 is 15.4 Å². The minimum atomic E-state index is -0.198. The maximum atomic E-state index is 12.5. The van der Waals surface area contributed by atoms with Gasteiger partial charge in [0.15, 0.2) is 0 Å². The molecule has 0 saturated heterocycles. The molecular weight excluding hydrogens is 266 g/mol. The molecule has 0 radical (unpaired) electrons. The quantitative estimate of drug-likeness (QED) is 0.905. The van der Waals surface area contributed by atoms with Gasteiger partial charge in [0.25, 0.3) is 0 Å². The van der Waals surface area contributed by atoms with Crippen molar-refractivity contribution in [3.8, 4) is 5.88 Å². The van der Waals surface area contributed by atoms with E-state index in [0.717, 1.165) is 11.3 Å². The number of anilines is 2. The van der Waals surface area contributed by atoms with Crippen molar-refractivity contribution in [2.45, 2.75) is 12.8 Å². The Morgan fingerprint density at radius 3 is 3.10 bits per heavy atom. The number of para-hydroxylation sites is 1. The zero-order valence-electron chi connectivity index (χ0n) is 11.8. The fourth-order valence-corrected chi connectivity index (χ4v) is 2.48.